The van der Waals surface area contributed by atoms with Gasteiger partial charge in [-0.1, -0.05) is 17.9 Å². The first-order valence-electron chi connectivity index (χ1n) is 7.26. The molecule has 1 aliphatic rings. The predicted molar refractivity (Wildman–Crippen MR) is 83.0 cm³/mol. The smallest absolute Gasteiger partial charge is 0.252 e. The first-order chi connectivity index (χ1) is 10.0. The second-order valence-corrected chi connectivity index (χ2v) is 5.64. The van der Waals surface area contributed by atoms with E-state index in [2.05, 4.69) is 17.2 Å². The minimum absolute atomic E-state index is 0.118. The molecule has 0 aliphatic carbocycles. The van der Waals surface area contributed by atoms with Crippen LogP contribution in [0.15, 0.2) is 18.2 Å². The van der Waals surface area contributed by atoms with Crippen molar-refractivity contribution < 1.29 is 9.53 Å². The minimum atomic E-state index is -0.247. The Labute approximate surface area is 126 Å². The van der Waals surface area contributed by atoms with Crippen LogP contribution in [0, 0.1) is 18.8 Å². The summed E-state index contributed by atoms with van der Waals surface area (Å²) >= 11 is 0. The Kier molecular flexibility index (Phi) is 5.00. The van der Waals surface area contributed by atoms with Crippen LogP contribution in [0.4, 0.5) is 0 Å². The molecular formula is C17H22N2O2. The fourth-order valence-corrected chi connectivity index (χ4v) is 2.44. The van der Waals surface area contributed by atoms with Crippen molar-refractivity contribution in [2.45, 2.75) is 32.3 Å². The maximum absolute atomic E-state index is 12.4. The first kappa shape index (κ1) is 15.6. The van der Waals surface area contributed by atoms with Gasteiger partial charge in [0, 0.05) is 18.7 Å². The molecule has 1 heterocycles. The van der Waals surface area contributed by atoms with Gasteiger partial charge in [-0.2, -0.15) is 0 Å². The van der Waals surface area contributed by atoms with Gasteiger partial charge in [-0.05, 0) is 44.4 Å². The van der Waals surface area contributed by atoms with Crippen LogP contribution >= 0.6 is 0 Å². The molecule has 4 heteroatoms. The van der Waals surface area contributed by atoms with Crippen molar-refractivity contribution in [3.05, 3.63) is 34.9 Å². The van der Waals surface area contributed by atoms with Crippen molar-refractivity contribution >= 4 is 5.91 Å². The maximum atomic E-state index is 12.4. The fourth-order valence-electron chi connectivity index (χ4n) is 2.44. The van der Waals surface area contributed by atoms with Crippen molar-refractivity contribution in [2.75, 3.05) is 19.7 Å². The number of ether oxygens (including phenoxy) is 1. The molecule has 0 bridgehead atoms. The van der Waals surface area contributed by atoms with E-state index in [0.29, 0.717) is 12.1 Å². The number of nitrogens with two attached hydrogens (primary N) is 1. The van der Waals surface area contributed by atoms with E-state index >= 15 is 0 Å². The molecule has 4 nitrogen and oxygen atoms in total. The van der Waals surface area contributed by atoms with E-state index in [0.717, 1.165) is 30.6 Å². The monoisotopic (exact) mass is 286 g/mol. The Bertz CT molecular complexity index is 578. The molecular weight excluding hydrogens is 264 g/mol. The summed E-state index contributed by atoms with van der Waals surface area (Å²) in [5, 5.41) is 2.95. The number of rotatable bonds is 3. The summed E-state index contributed by atoms with van der Waals surface area (Å²) in [5.74, 6) is 5.65. The van der Waals surface area contributed by atoms with Crippen LogP contribution in [0.2, 0.25) is 0 Å². The zero-order valence-corrected chi connectivity index (χ0v) is 12.7. The molecule has 1 unspecified atom stereocenters. The molecule has 1 aliphatic heterocycles. The van der Waals surface area contributed by atoms with Gasteiger partial charge in [-0.15, -0.1) is 0 Å². The molecule has 1 aromatic carbocycles. The van der Waals surface area contributed by atoms with Crippen LogP contribution in [0.5, 0.6) is 0 Å². The molecule has 0 radical (unpaired) electrons. The van der Waals surface area contributed by atoms with Gasteiger partial charge in [0.15, 0.2) is 0 Å². The summed E-state index contributed by atoms with van der Waals surface area (Å²) in [7, 11) is 0. The van der Waals surface area contributed by atoms with E-state index < -0.39 is 0 Å². The van der Waals surface area contributed by atoms with Gasteiger partial charge in [0.05, 0.1) is 17.7 Å². The van der Waals surface area contributed by atoms with Gasteiger partial charge in [0.2, 0.25) is 0 Å². The summed E-state index contributed by atoms with van der Waals surface area (Å²) in [6.45, 7) is 5.57. The van der Waals surface area contributed by atoms with Crippen molar-refractivity contribution in [1.29, 1.82) is 0 Å². The third-order valence-electron chi connectivity index (χ3n) is 3.67. The normalized spacial score (nSPS) is 20.7. The number of carbonyl (C=O) groups is 1. The number of carbonyl (C=O) groups excluding carboxylic acids is 1. The number of nitrogens with one attached hydrogen (secondary N) is 1. The molecule has 21 heavy (non-hydrogen) atoms. The Hall–Kier alpha value is -1.83. The maximum Gasteiger partial charge on any atom is 0.252 e. The average Bonchev–Trinajstić information content (AvgIpc) is 2.90. The molecule has 1 amide bonds. The standard InChI is InChI=1S/C17H22N2O2/c1-13-6-7-15(14(11-13)5-3-9-18)16(20)19-12-17(2)8-4-10-21-17/h6-7,11H,4,8-10,12,18H2,1-2H3,(H,19,20). The second-order valence-electron chi connectivity index (χ2n) is 5.64. The first-order valence-corrected chi connectivity index (χ1v) is 7.26. The molecule has 112 valence electrons. The third-order valence-corrected chi connectivity index (χ3v) is 3.67. The Morgan fingerprint density at radius 3 is 3.00 bits per heavy atom. The van der Waals surface area contributed by atoms with Crippen LogP contribution < -0.4 is 11.1 Å². The molecule has 2 rings (SSSR count). The number of benzene rings is 1. The lowest BCUT2D eigenvalue weighted by molar-refractivity contribution is 0.0206. The van der Waals surface area contributed by atoms with Crippen molar-refractivity contribution in [3.8, 4) is 11.8 Å². The molecule has 0 spiro atoms. The van der Waals surface area contributed by atoms with Gasteiger partial charge < -0.3 is 15.8 Å². The molecule has 1 fully saturated rings. The summed E-state index contributed by atoms with van der Waals surface area (Å²) in [5.41, 5.74) is 7.53. The van der Waals surface area contributed by atoms with E-state index in [-0.39, 0.29) is 18.1 Å². The van der Waals surface area contributed by atoms with Gasteiger partial charge >= 0.3 is 0 Å². The van der Waals surface area contributed by atoms with Gasteiger partial charge in [0.25, 0.3) is 5.91 Å². The second kappa shape index (κ2) is 6.75. The SMILES string of the molecule is Cc1ccc(C(=O)NCC2(C)CCCO2)c(C#CCN)c1. The van der Waals surface area contributed by atoms with E-state index in [4.69, 9.17) is 10.5 Å². The van der Waals surface area contributed by atoms with Gasteiger partial charge in [0.1, 0.15) is 0 Å². The quantitative estimate of drug-likeness (QED) is 0.830. The van der Waals surface area contributed by atoms with Crippen LogP contribution in [-0.4, -0.2) is 31.2 Å². The Balaban J connectivity index is 2.11. The van der Waals surface area contributed by atoms with E-state index in [1.54, 1.807) is 0 Å². The molecule has 1 aromatic rings. The lowest BCUT2D eigenvalue weighted by atomic mass is 10.0. The third kappa shape index (κ3) is 4.07. The van der Waals surface area contributed by atoms with E-state index in [1.165, 1.54) is 0 Å². The number of amides is 1. The fraction of sp³-hybridized carbons (Fsp3) is 0.471. The van der Waals surface area contributed by atoms with E-state index in [1.807, 2.05) is 32.0 Å². The highest BCUT2D eigenvalue weighted by atomic mass is 16.5. The summed E-state index contributed by atoms with van der Waals surface area (Å²) < 4.78 is 5.68. The van der Waals surface area contributed by atoms with Crippen molar-refractivity contribution in [1.82, 2.24) is 5.32 Å². The van der Waals surface area contributed by atoms with Crippen LogP contribution in [0.1, 0.15) is 41.3 Å². The van der Waals surface area contributed by atoms with Crippen LogP contribution in [-0.2, 0) is 4.74 Å². The highest BCUT2D eigenvalue weighted by molar-refractivity contribution is 5.96. The molecule has 3 N–H and O–H groups in total. The molecule has 1 atom stereocenters. The summed E-state index contributed by atoms with van der Waals surface area (Å²) in [6, 6.07) is 5.63. The predicted octanol–water partition coefficient (Wildman–Crippen LogP) is 1.60. The average molecular weight is 286 g/mol. The zero-order chi connectivity index (χ0) is 15.3. The molecule has 1 saturated heterocycles. The topological polar surface area (TPSA) is 64.3 Å². The Morgan fingerprint density at radius 1 is 1.52 bits per heavy atom. The van der Waals surface area contributed by atoms with Crippen molar-refractivity contribution in [3.63, 3.8) is 0 Å². The summed E-state index contributed by atoms with van der Waals surface area (Å²) in [4.78, 5) is 12.4. The Morgan fingerprint density at radius 2 is 2.33 bits per heavy atom. The number of hydrogen-bond acceptors (Lipinski definition) is 3. The highest BCUT2D eigenvalue weighted by Gasteiger charge is 2.30. The van der Waals surface area contributed by atoms with Gasteiger partial charge in [-0.3, -0.25) is 4.79 Å². The number of aryl methyl sites for hydroxylation is 1. The lowest BCUT2D eigenvalue weighted by Crippen LogP contribution is -2.40. The highest BCUT2D eigenvalue weighted by Crippen LogP contribution is 2.24. The summed E-state index contributed by atoms with van der Waals surface area (Å²) in [6.07, 6.45) is 2.02. The lowest BCUT2D eigenvalue weighted by Gasteiger charge is -2.23. The van der Waals surface area contributed by atoms with E-state index in [9.17, 15) is 4.79 Å². The molecule has 0 saturated carbocycles. The number of hydrogen-bond donors (Lipinski definition) is 2. The van der Waals surface area contributed by atoms with Crippen LogP contribution in [0.25, 0.3) is 0 Å². The van der Waals surface area contributed by atoms with Crippen LogP contribution in [0.3, 0.4) is 0 Å². The molecule has 0 aromatic heterocycles. The largest absolute Gasteiger partial charge is 0.373 e. The minimum Gasteiger partial charge on any atom is -0.373 e. The van der Waals surface area contributed by atoms with Gasteiger partial charge in [-0.25, -0.2) is 0 Å². The zero-order valence-electron chi connectivity index (χ0n) is 12.7. The van der Waals surface area contributed by atoms with Crippen molar-refractivity contribution in [2.24, 2.45) is 5.73 Å².